The summed E-state index contributed by atoms with van der Waals surface area (Å²) in [6, 6.07) is 0.211. The van der Waals surface area contributed by atoms with Gasteiger partial charge in [0.05, 0.1) is 45.5 Å². The Morgan fingerprint density at radius 3 is 2.56 bits per heavy atom. The molecule has 2 saturated heterocycles. The lowest BCUT2D eigenvalue weighted by Gasteiger charge is -2.35. The molecule has 4 aliphatic rings. The lowest BCUT2D eigenvalue weighted by molar-refractivity contribution is -0.815. The zero-order valence-electron chi connectivity index (χ0n) is 19.7. The fraction of sp³-hybridized carbons (Fsp3) is 0.625. The number of aryl methyl sites for hydroxylation is 1. The maximum atomic E-state index is 13.3. The van der Waals surface area contributed by atoms with Crippen molar-refractivity contribution in [2.75, 3.05) is 53.4 Å². The van der Waals surface area contributed by atoms with Crippen LogP contribution in [-0.2, 0) is 7.05 Å². The summed E-state index contributed by atoms with van der Waals surface area (Å²) in [6.07, 6.45) is 9.18. The lowest BCUT2D eigenvalue weighted by Crippen LogP contribution is -2.54. The molecule has 1 spiro atoms. The summed E-state index contributed by atoms with van der Waals surface area (Å²) in [7, 11) is 5.98. The van der Waals surface area contributed by atoms with Crippen molar-refractivity contribution in [3.63, 3.8) is 0 Å². The minimum absolute atomic E-state index is 0.0996. The average molecular weight is 440 g/mol. The number of aromatic nitrogens is 2. The first-order chi connectivity index (χ1) is 15.2. The number of amides is 3. The van der Waals surface area contributed by atoms with Gasteiger partial charge in [0, 0.05) is 44.5 Å². The highest BCUT2D eigenvalue weighted by molar-refractivity contribution is 5.95. The van der Waals surface area contributed by atoms with Crippen LogP contribution in [0.15, 0.2) is 29.6 Å². The zero-order valence-corrected chi connectivity index (χ0v) is 19.7. The van der Waals surface area contributed by atoms with E-state index in [0.717, 1.165) is 51.3 Å². The van der Waals surface area contributed by atoms with E-state index < -0.39 is 0 Å². The summed E-state index contributed by atoms with van der Waals surface area (Å²) >= 11 is 0. The molecular formula is C24H35N6O2+. The van der Waals surface area contributed by atoms with Gasteiger partial charge < -0.3 is 10.2 Å². The Kier molecular flexibility index (Phi) is 4.96. The van der Waals surface area contributed by atoms with Crippen LogP contribution in [0.2, 0.25) is 0 Å². The van der Waals surface area contributed by atoms with Gasteiger partial charge in [-0.25, -0.2) is 9.28 Å². The molecule has 5 rings (SSSR count). The van der Waals surface area contributed by atoms with Crippen molar-refractivity contribution in [3.05, 3.63) is 40.9 Å². The number of nitrogens with zero attached hydrogens (tertiary/aromatic N) is 5. The SMILES string of the molecule is Cc1c(C(=O)N2CCC3(CC2)CC3C[N+](C)(C)C(=O)N2CC3=CCNC=C3C2)cnn1C. The van der Waals surface area contributed by atoms with Crippen LogP contribution in [0.4, 0.5) is 4.79 Å². The second kappa shape index (κ2) is 7.47. The molecule has 8 heteroatoms. The Morgan fingerprint density at radius 2 is 1.91 bits per heavy atom. The van der Waals surface area contributed by atoms with E-state index in [1.54, 1.807) is 10.9 Å². The fourth-order valence-electron chi connectivity index (χ4n) is 5.85. The van der Waals surface area contributed by atoms with Crippen molar-refractivity contribution in [1.29, 1.82) is 0 Å². The second-order valence-electron chi connectivity index (χ2n) is 10.6. The van der Waals surface area contributed by atoms with Crippen LogP contribution in [0.1, 0.15) is 35.3 Å². The van der Waals surface area contributed by atoms with Gasteiger partial charge in [0.15, 0.2) is 0 Å². The molecule has 3 fully saturated rings. The average Bonchev–Trinajstić information content (AvgIpc) is 3.10. The molecule has 0 radical (unpaired) electrons. The number of likely N-dealkylation sites (tertiary alicyclic amines) is 2. The monoisotopic (exact) mass is 439 g/mol. The predicted octanol–water partition coefficient (Wildman–Crippen LogP) is 1.90. The molecule has 1 aromatic rings. The van der Waals surface area contributed by atoms with Crippen molar-refractivity contribution in [2.24, 2.45) is 18.4 Å². The van der Waals surface area contributed by atoms with E-state index in [1.165, 1.54) is 17.6 Å². The smallest absolute Gasteiger partial charge is 0.387 e. The molecule has 4 heterocycles. The van der Waals surface area contributed by atoms with Crippen molar-refractivity contribution in [2.45, 2.75) is 26.2 Å². The quantitative estimate of drug-likeness (QED) is 0.731. The van der Waals surface area contributed by atoms with Crippen LogP contribution in [0.5, 0.6) is 0 Å². The molecule has 0 bridgehead atoms. The first kappa shape index (κ1) is 21.2. The van der Waals surface area contributed by atoms with Gasteiger partial charge in [-0.2, -0.15) is 5.10 Å². The highest BCUT2D eigenvalue weighted by Gasteiger charge is 2.58. The van der Waals surface area contributed by atoms with E-state index in [4.69, 9.17) is 0 Å². The molecule has 1 unspecified atom stereocenters. The van der Waals surface area contributed by atoms with Crippen LogP contribution in [-0.4, -0.2) is 89.4 Å². The number of hydrogen-bond donors (Lipinski definition) is 1. The minimum atomic E-state index is 0.0996. The van der Waals surface area contributed by atoms with Crippen molar-refractivity contribution in [3.8, 4) is 0 Å². The fourth-order valence-corrected chi connectivity index (χ4v) is 5.85. The molecule has 8 nitrogen and oxygen atoms in total. The van der Waals surface area contributed by atoms with Crippen LogP contribution < -0.4 is 5.32 Å². The molecule has 1 saturated carbocycles. The molecule has 3 aliphatic heterocycles. The third-order valence-electron chi connectivity index (χ3n) is 8.21. The molecule has 3 amide bonds. The lowest BCUT2D eigenvalue weighted by atomic mass is 9.90. The summed E-state index contributed by atoms with van der Waals surface area (Å²) in [5.41, 5.74) is 4.48. The van der Waals surface area contributed by atoms with Crippen LogP contribution >= 0.6 is 0 Å². The Balaban J connectivity index is 1.17. The second-order valence-corrected chi connectivity index (χ2v) is 10.6. The van der Waals surface area contributed by atoms with Gasteiger partial charge in [-0.05, 0) is 42.7 Å². The third-order valence-corrected chi connectivity index (χ3v) is 8.21. The van der Waals surface area contributed by atoms with Crippen LogP contribution in [0.3, 0.4) is 0 Å². The Labute approximate surface area is 190 Å². The Hall–Kier alpha value is -2.61. The number of piperidine rings is 1. The number of urea groups is 1. The van der Waals surface area contributed by atoms with Crippen LogP contribution in [0.25, 0.3) is 0 Å². The van der Waals surface area contributed by atoms with E-state index in [-0.39, 0.29) is 11.9 Å². The molecule has 172 valence electrons. The number of carbonyl (C=O) groups excluding carboxylic acids is 2. The van der Waals surface area contributed by atoms with Crippen molar-refractivity contribution in [1.82, 2.24) is 24.9 Å². The van der Waals surface area contributed by atoms with Gasteiger partial charge >= 0.3 is 6.03 Å². The molecule has 32 heavy (non-hydrogen) atoms. The number of quaternary nitrogens is 1. The van der Waals surface area contributed by atoms with Gasteiger partial charge in [-0.1, -0.05) is 6.08 Å². The van der Waals surface area contributed by atoms with E-state index in [0.29, 0.717) is 27.9 Å². The van der Waals surface area contributed by atoms with Gasteiger partial charge in [-0.15, -0.1) is 0 Å². The molecule has 1 N–H and O–H groups in total. The maximum Gasteiger partial charge on any atom is 0.419 e. The Morgan fingerprint density at radius 1 is 1.19 bits per heavy atom. The first-order valence-corrected chi connectivity index (χ1v) is 11.7. The van der Waals surface area contributed by atoms with Crippen molar-refractivity contribution >= 4 is 11.9 Å². The summed E-state index contributed by atoms with van der Waals surface area (Å²) in [4.78, 5) is 30.2. The van der Waals surface area contributed by atoms with Crippen molar-refractivity contribution < 1.29 is 14.1 Å². The van der Waals surface area contributed by atoms with Gasteiger partial charge in [-0.3, -0.25) is 14.4 Å². The summed E-state index contributed by atoms with van der Waals surface area (Å²) < 4.78 is 2.16. The first-order valence-electron chi connectivity index (χ1n) is 11.7. The van der Waals surface area contributed by atoms with Gasteiger partial charge in [0.1, 0.15) is 0 Å². The van der Waals surface area contributed by atoms with E-state index in [2.05, 4.69) is 36.8 Å². The topological polar surface area (TPSA) is 70.5 Å². The molecular weight excluding hydrogens is 404 g/mol. The minimum Gasteiger partial charge on any atom is -0.387 e. The van der Waals surface area contributed by atoms with Crippen LogP contribution in [0, 0.1) is 18.3 Å². The number of hydrogen-bond acceptors (Lipinski definition) is 4. The number of dihydropyridines is 1. The summed E-state index contributed by atoms with van der Waals surface area (Å²) in [5, 5.41) is 7.47. The van der Waals surface area contributed by atoms with Gasteiger partial charge in [0.2, 0.25) is 0 Å². The summed E-state index contributed by atoms with van der Waals surface area (Å²) in [5.74, 6) is 0.659. The van der Waals surface area contributed by atoms with E-state index in [1.807, 2.05) is 23.8 Å². The number of carbonyl (C=O) groups is 2. The highest BCUT2D eigenvalue weighted by atomic mass is 16.2. The molecule has 1 aliphatic carbocycles. The molecule has 1 aromatic heterocycles. The number of fused-ring (bicyclic) bond motifs is 1. The molecule has 0 aromatic carbocycles. The largest absolute Gasteiger partial charge is 0.419 e. The zero-order chi connectivity index (χ0) is 22.7. The standard InChI is InChI=1S/C24H35N6O2/c1-17-21(13-26-27(17)2)22(31)28-9-6-24(7-10-28)11-20(24)16-30(3,4)23(32)29-14-18-5-8-25-12-19(18)15-29/h5,12-13,20,25H,6-11,14-16H2,1-4H3/q+1. The third kappa shape index (κ3) is 3.54. The number of rotatable bonds is 3. The highest BCUT2D eigenvalue weighted by Crippen LogP contribution is 2.60. The predicted molar refractivity (Wildman–Crippen MR) is 122 cm³/mol. The van der Waals surface area contributed by atoms with E-state index >= 15 is 0 Å². The van der Waals surface area contributed by atoms with Gasteiger partial charge in [0.25, 0.3) is 5.91 Å². The maximum absolute atomic E-state index is 13.3. The summed E-state index contributed by atoms with van der Waals surface area (Å²) in [6.45, 7) is 6.71. The molecule has 1 atom stereocenters. The number of nitrogens with one attached hydrogen (secondary N) is 1. The normalized spacial score (nSPS) is 24.1. The Bertz CT molecular complexity index is 990. The van der Waals surface area contributed by atoms with E-state index in [9.17, 15) is 9.59 Å².